The Morgan fingerprint density at radius 3 is 1.51 bits per heavy atom. The van der Waals surface area contributed by atoms with Crippen molar-refractivity contribution in [3.63, 3.8) is 0 Å². The van der Waals surface area contributed by atoms with Crippen molar-refractivity contribution >= 4 is 45.3 Å². The molecule has 0 aliphatic rings. The second-order valence-corrected chi connectivity index (χ2v) is 9.47. The van der Waals surface area contributed by atoms with E-state index in [0.29, 0.717) is 11.1 Å². The fourth-order valence-electron chi connectivity index (χ4n) is 2.81. The van der Waals surface area contributed by atoms with Crippen molar-refractivity contribution in [3.05, 3.63) is 91.0 Å². The number of nitro groups is 2. The standard InChI is InChI=1S/C26H20N2O10S/c1-37-25(29)13-9-19-7-11-23(27(31)32)17-21(19)5-3-15-39(35,36)16-4-6-22-18-24(28(33)34)12-8-20(22)10-14-26(30)38-2/h7-14,17-18H,15-16H2,1-2H3/b13-9+,14-10+. The number of hydrogen-bond acceptors (Lipinski definition) is 10. The maximum absolute atomic E-state index is 12.5. The second-order valence-electron chi connectivity index (χ2n) is 7.41. The first-order valence-electron chi connectivity index (χ1n) is 10.7. The minimum Gasteiger partial charge on any atom is -0.466 e. The SMILES string of the molecule is COC(=O)/C=C/c1ccc([N+](=O)[O-])cc1C#CCS(=O)(=O)CC#Cc1cc([N+](=O)[O-])ccc1/C=C/C(=O)OC. The van der Waals surface area contributed by atoms with E-state index in [1.165, 1.54) is 50.6 Å². The molecule has 12 nitrogen and oxygen atoms in total. The highest BCUT2D eigenvalue weighted by Gasteiger charge is 2.11. The van der Waals surface area contributed by atoms with Crippen LogP contribution >= 0.6 is 0 Å². The molecule has 0 heterocycles. The molecule has 0 radical (unpaired) electrons. The van der Waals surface area contributed by atoms with Crippen LogP contribution in [-0.2, 0) is 28.9 Å². The Balaban J connectivity index is 2.30. The number of nitro benzene ring substituents is 2. The van der Waals surface area contributed by atoms with Crippen LogP contribution in [-0.4, -0.2) is 55.9 Å². The summed E-state index contributed by atoms with van der Waals surface area (Å²) in [6.07, 6.45) is 4.82. The first-order valence-corrected chi connectivity index (χ1v) is 12.5. The van der Waals surface area contributed by atoms with Gasteiger partial charge in [0.05, 0.1) is 24.1 Å². The van der Waals surface area contributed by atoms with Gasteiger partial charge in [0.15, 0.2) is 9.84 Å². The summed E-state index contributed by atoms with van der Waals surface area (Å²) in [4.78, 5) is 43.7. The van der Waals surface area contributed by atoms with Crippen LogP contribution in [0.15, 0.2) is 48.6 Å². The summed E-state index contributed by atoms with van der Waals surface area (Å²) < 4.78 is 33.9. The highest BCUT2D eigenvalue weighted by molar-refractivity contribution is 7.91. The predicted molar refractivity (Wildman–Crippen MR) is 141 cm³/mol. The number of hydrogen-bond donors (Lipinski definition) is 0. The van der Waals surface area contributed by atoms with Crippen LogP contribution in [0.1, 0.15) is 22.3 Å². The Kier molecular flexibility index (Phi) is 10.7. The number of ether oxygens (including phenoxy) is 2. The Bertz CT molecular complexity index is 1490. The molecule has 0 spiro atoms. The molecule has 0 unspecified atom stereocenters. The van der Waals surface area contributed by atoms with Gasteiger partial charge < -0.3 is 9.47 Å². The summed E-state index contributed by atoms with van der Waals surface area (Å²) >= 11 is 0. The monoisotopic (exact) mass is 552 g/mol. The van der Waals surface area contributed by atoms with E-state index in [1.54, 1.807) is 0 Å². The largest absolute Gasteiger partial charge is 0.466 e. The molecule has 200 valence electrons. The fraction of sp³-hybridized carbons (Fsp3) is 0.154. The smallest absolute Gasteiger partial charge is 0.330 e. The number of sulfone groups is 1. The van der Waals surface area contributed by atoms with Crippen molar-refractivity contribution in [2.45, 2.75) is 0 Å². The number of non-ortho nitro benzene ring substituents is 2. The zero-order valence-electron chi connectivity index (χ0n) is 20.6. The van der Waals surface area contributed by atoms with E-state index in [2.05, 4.69) is 33.2 Å². The lowest BCUT2D eigenvalue weighted by atomic mass is 10.1. The van der Waals surface area contributed by atoms with Crippen molar-refractivity contribution in [2.75, 3.05) is 25.7 Å². The molecule has 13 heteroatoms. The molecule has 0 saturated heterocycles. The Labute approximate surface area is 223 Å². The van der Waals surface area contributed by atoms with Crippen LogP contribution in [0.4, 0.5) is 11.4 Å². The molecular weight excluding hydrogens is 532 g/mol. The van der Waals surface area contributed by atoms with Crippen LogP contribution < -0.4 is 0 Å². The average Bonchev–Trinajstić information content (AvgIpc) is 2.90. The Morgan fingerprint density at radius 1 is 0.795 bits per heavy atom. The van der Waals surface area contributed by atoms with Crippen LogP contribution in [0.25, 0.3) is 12.2 Å². The van der Waals surface area contributed by atoms with Crippen molar-refractivity contribution in [1.82, 2.24) is 0 Å². The summed E-state index contributed by atoms with van der Waals surface area (Å²) in [6, 6.07) is 7.40. The van der Waals surface area contributed by atoms with E-state index >= 15 is 0 Å². The summed E-state index contributed by atoms with van der Waals surface area (Å²) in [7, 11) is -1.51. The lowest BCUT2D eigenvalue weighted by Gasteiger charge is -2.00. The third-order valence-corrected chi connectivity index (χ3v) is 5.89. The first kappa shape index (κ1) is 30.0. The van der Waals surface area contributed by atoms with Gasteiger partial charge in [-0.1, -0.05) is 23.7 Å². The van der Waals surface area contributed by atoms with E-state index in [1.807, 2.05) is 0 Å². The summed E-state index contributed by atoms with van der Waals surface area (Å²) in [5.41, 5.74) is 0.325. The molecule has 0 saturated carbocycles. The number of benzene rings is 2. The molecule has 0 aromatic heterocycles. The van der Waals surface area contributed by atoms with E-state index in [9.17, 15) is 38.2 Å². The molecule has 39 heavy (non-hydrogen) atoms. The summed E-state index contributed by atoms with van der Waals surface area (Å²) in [5.74, 6) is 7.39. The number of carbonyl (C=O) groups excluding carboxylic acids is 2. The Hall–Kier alpha value is -5.27. The molecule has 0 fully saturated rings. The van der Waals surface area contributed by atoms with Crippen LogP contribution in [0.3, 0.4) is 0 Å². The number of carbonyl (C=O) groups is 2. The normalized spacial score (nSPS) is 10.7. The first-order chi connectivity index (χ1) is 18.5. The molecule has 0 amide bonds. The maximum atomic E-state index is 12.5. The molecule has 2 aromatic rings. The van der Waals surface area contributed by atoms with Gasteiger partial charge in [0, 0.05) is 47.5 Å². The molecule has 0 aliphatic heterocycles. The van der Waals surface area contributed by atoms with E-state index in [0.717, 1.165) is 24.3 Å². The van der Waals surface area contributed by atoms with Crippen molar-refractivity contribution in [3.8, 4) is 23.7 Å². The van der Waals surface area contributed by atoms with Gasteiger partial charge in [0.25, 0.3) is 11.4 Å². The van der Waals surface area contributed by atoms with Gasteiger partial charge in [-0.3, -0.25) is 20.2 Å². The van der Waals surface area contributed by atoms with Crippen molar-refractivity contribution < 1.29 is 37.3 Å². The number of esters is 2. The highest BCUT2D eigenvalue weighted by atomic mass is 32.2. The third kappa shape index (κ3) is 9.60. The highest BCUT2D eigenvalue weighted by Crippen LogP contribution is 2.20. The van der Waals surface area contributed by atoms with Crippen molar-refractivity contribution in [1.29, 1.82) is 0 Å². The number of methoxy groups -OCH3 is 2. The van der Waals surface area contributed by atoms with Crippen LogP contribution in [0.2, 0.25) is 0 Å². The van der Waals surface area contributed by atoms with Gasteiger partial charge >= 0.3 is 11.9 Å². The van der Waals surface area contributed by atoms with Gasteiger partial charge in [-0.25, -0.2) is 18.0 Å². The molecule has 2 aromatic carbocycles. The molecule has 2 rings (SSSR count). The summed E-state index contributed by atoms with van der Waals surface area (Å²) in [6.45, 7) is 0. The van der Waals surface area contributed by atoms with E-state index in [-0.39, 0.29) is 22.5 Å². The third-order valence-electron chi connectivity index (χ3n) is 4.73. The molecular formula is C26H20N2O10S. The number of rotatable bonds is 8. The predicted octanol–water partition coefficient (Wildman–Crippen LogP) is 2.69. The fourth-order valence-corrected chi connectivity index (χ4v) is 3.49. The maximum Gasteiger partial charge on any atom is 0.330 e. The second kappa shape index (κ2) is 13.9. The van der Waals surface area contributed by atoms with E-state index in [4.69, 9.17) is 0 Å². The van der Waals surface area contributed by atoms with Gasteiger partial charge in [0.2, 0.25) is 0 Å². The Morgan fingerprint density at radius 2 is 1.18 bits per heavy atom. The lowest BCUT2D eigenvalue weighted by Crippen LogP contribution is -2.08. The van der Waals surface area contributed by atoms with Gasteiger partial charge in [-0.05, 0) is 35.4 Å². The van der Waals surface area contributed by atoms with Crippen LogP contribution in [0, 0.1) is 43.9 Å². The van der Waals surface area contributed by atoms with Gasteiger partial charge in [-0.2, -0.15) is 0 Å². The van der Waals surface area contributed by atoms with Crippen molar-refractivity contribution in [2.24, 2.45) is 0 Å². The van der Waals surface area contributed by atoms with Gasteiger partial charge in [-0.15, -0.1) is 0 Å². The molecule has 0 atom stereocenters. The molecule has 0 bridgehead atoms. The molecule has 0 N–H and O–H groups in total. The topological polar surface area (TPSA) is 173 Å². The zero-order chi connectivity index (χ0) is 29.0. The van der Waals surface area contributed by atoms with Gasteiger partial charge in [0.1, 0.15) is 11.5 Å². The lowest BCUT2D eigenvalue weighted by molar-refractivity contribution is -0.385. The summed E-state index contributed by atoms with van der Waals surface area (Å²) in [5, 5.41) is 22.2. The van der Waals surface area contributed by atoms with Crippen LogP contribution in [0.5, 0.6) is 0 Å². The van der Waals surface area contributed by atoms with E-state index < -0.39 is 43.1 Å². The minimum atomic E-state index is -3.86. The molecule has 0 aliphatic carbocycles. The average molecular weight is 553 g/mol. The zero-order valence-corrected chi connectivity index (χ0v) is 21.4. The number of nitrogens with zero attached hydrogens (tertiary/aromatic N) is 2. The quantitative estimate of drug-likeness (QED) is 0.156. The minimum absolute atomic E-state index is 0.115.